The molecule has 4 aliphatic heterocycles. The summed E-state index contributed by atoms with van der Waals surface area (Å²) in [6.45, 7) is 7.94. The van der Waals surface area contributed by atoms with Crippen LogP contribution in [-0.2, 0) is 31.4 Å². The van der Waals surface area contributed by atoms with Gasteiger partial charge in [-0.3, -0.25) is 14.5 Å². The van der Waals surface area contributed by atoms with Gasteiger partial charge in [-0.25, -0.2) is 9.97 Å². The van der Waals surface area contributed by atoms with E-state index < -0.39 is 0 Å². The highest BCUT2D eigenvalue weighted by atomic mass is 35.5. The molecule has 2 aromatic heterocycles. The largest absolute Gasteiger partial charge is 0.481 e. The molecule has 4 aliphatic rings. The molecule has 49 heavy (non-hydrogen) atoms. The van der Waals surface area contributed by atoms with Crippen molar-refractivity contribution in [3.05, 3.63) is 81.4 Å². The number of ether oxygens (including phenoxy) is 1. The van der Waals surface area contributed by atoms with Crippen molar-refractivity contribution in [2.24, 2.45) is 13.0 Å². The predicted octanol–water partition coefficient (Wildman–Crippen LogP) is 6.15. The SMILES string of the molecule is COc1nc(-c2cccc(-c3cccc(NC(=O)c4nc5c(n4C)CCN(C)C5)c3Cl)c2Cl)ccc1CN1CC2CC(C1)N2C(=O)C(C)C. The van der Waals surface area contributed by atoms with Gasteiger partial charge in [0.05, 0.1) is 34.2 Å². The fourth-order valence-corrected chi connectivity index (χ4v) is 8.06. The molecule has 6 heterocycles. The summed E-state index contributed by atoms with van der Waals surface area (Å²) in [6, 6.07) is 15.8. The van der Waals surface area contributed by atoms with Gasteiger partial charge in [-0.05, 0) is 25.6 Å². The Kier molecular flexibility index (Phi) is 9.17. The first-order chi connectivity index (χ1) is 23.5. The summed E-state index contributed by atoms with van der Waals surface area (Å²) in [4.78, 5) is 42.2. The van der Waals surface area contributed by atoms with Gasteiger partial charge in [-0.1, -0.05) is 73.4 Å². The van der Waals surface area contributed by atoms with Crippen LogP contribution in [0.1, 0.15) is 47.8 Å². The molecule has 1 N–H and O–H groups in total. The number of anilines is 1. The normalized spacial score (nSPS) is 19.1. The summed E-state index contributed by atoms with van der Waals surface area (Å²) in [5, 5.41) is 3.84. The predicted molar refractivity (Wildman–Crippen MR) is 192 cm³/mol. The summed E-state index contributed by atoms with van der Waals surface area (Å²) in [5.74, 6) is 0.837. The van der Waals surface area contributed by atoms with Crippen molar-refractivity contribution in [3.8, 4) is 28.3 Å². The van der Waals surface area contributed by atoms with Crippen molar-refractivity contribution in [2.45, 2.75) is 51.9 Å². The lowest BCUT2D eigenvalue weighted by molar-refractivity contribution is -0.157. The molecule has 12 heteroatoms. The topological polar surface area (TPSA) is 95.8 Å². The van der Waals surface area contributed by atoms with Crippen molar-refractivity contribution in [3.63, 3.8) is 0 Å². The number of rotatable bonds is 8. The van der Waals surface area contributed by atoms with Crippen molar-refractivity contribution in [1.29, 1.82) is 0 Å². The molecule has 2 bridgehead atoms. The number of imidazole rings is 1. The van der Waals surface area contributed by atoms with Crippen LogP contribution in [0, 0.1) is 5.92 Å². The zero-order valence-electron chi connectivity index (χ0n) is 28.5. The zero-order valence-corrected chi connectivity index (χ0v) is 30.0. The molecule has 2 aromatic carbocycles. The van der Waals surface area contributed by atoms with Crippen molar-refractivity contribution in [1.82, 2.24) is 29.2 Å². The van der Waals surface area contributed by atoms with Crippen LogP contribution < -0.4 is 10.1 Å². The monoisotopic (exact) mass is 701 g/mol. The third kappa shape index (κ3) is 6.20. The highest BCUT2D eigenvalue weighted by molar-refractivity contribution is 6.39. The molecule has 2 atom stereocenters. The average Bonchev–Trinajstić information content (AvgIpc) is 3.41. The number of piperidine rings is 1. The van der Waals surface area contributed by atoms with Crippen LogP contribution in [0.2, 0.25) is 10.0 Å². The second-order valence-electron chi connectivity index (χ2n) is 13.7. The van der Waals surface area contributed by atoms with Crippen LogP contribution in [0.3, 0.4) is 0 Å². The van der Waals surface area contributed by atoms with E-state index in [-0.39, 0.29) is 29.8 Å². The van der Waals surface area contributed by atoms with E-state index in [0.717, 1.165) is 55.0 Å². The number of carbonyl (C=O) groups excluding carboxylic acids is 2. The number of benzene rings is 2. The molecular formula is C37H41Cl2N7O3. The van der Waals surface area contributed by atoms with Gasteiger partial charge in [0.15, 0.2) is 5.82 Å². The maximum absolute atomic E-state index is 13.4. The van der Waals surface area contributed by atoms with Gasteiger partial charge in [0.25, 0.3) is 5.91 Å². The van der Waals surface area contributed by atoms with Gasteiger partial charge in [0, 0.05) is 92.1 Å². The molecular weight excluding hydrogens is 661 g/mol. The Morgan fingerprint density at radius 3 is 2.37 bits per heavy atom. The molecule has 0 saturated carbocycles. The van der Waals surface area contributed by atoms with E-state index in [2.05, 4.69) is 32.0 Å². The number of fused-ring (bicyclic) bond motifs is 3. The Balaban J connectivity index is 1.10. The lowest BCUT2D eigenvalue weighted by Gasteiger charge is -2.57. The Morgan fingerprint density at radius 2 is 1.65 bits per heavy atom. The lowest BCUT2D eigenvalue weighted by atomic mass is 9.86. The van der Waals surface area contributed by atoms with Crippen LogP contribution in [0.4, 0.5) is 5.69 Å². The number of methoxy groups -OCH3 is 1. The number of halogens is 2. The fraction of sp³-hybridized carbons (Fsp3) is 0.405. The summed E-state index contributed by atoms with van der Waals surface area (Å²) < 4.78 is 7.64. The molecule has 0 aliphatic carbocycles. The second kappa shape index (κ2) is 13.4. The van der Waals surface area contributed by atoms with Crippen molar-refractivity contribution >= 4 is 40.7 Å². The van der Waals surface area contributed by atoms with E-state index in [9.17, 15) is 9.59 Å². The summed E-state index contributed by atoms with van der Waals surface area (Å²) in [6.07, 6.45) is 1.91. The lowest BCUT2D eigenvalue weighted by Crippen LogP contribution is -2.70. The van der Waals surface area contributed by atoms with E-state index >= 15 is 0 Å². The molecule has 0 radical (unpaired) electrons. The number of hydrogen-bond acceptors (Lipinski definition) is 7. The maximum Gasteiger partial charge on any atom is 0.291 e. The van der Waals surface area contributed by atoms with Crippen molar-refractivity contribution < 1.29 is 14.3 Å². The van der Waals surface area contributed by atoms with Crippen molar-refractivity contribution in [2.75, 3.05) is 39.1 Å². The number of nitrogens with one attached hydrogen (secondary N) is 1. The van der Waals surface area contributed by atoms with Gasteiger partial charge < -0.3 is 24.4 Å². The molecule has 4 aromatic rings. The summed E-state index contributed by atoms with van der Waals surface area (Å²) >= 11 is 14.0. The van der Waals surface area contributed by atoms with Crippen LogP contribution in [0.5, 0.6) is 5.88 Å². The van der Waals surface area contributed by atoms with Crippen LogP contribution in [0.15, 0.2) is 48.5 Å². The highest BCUT2D eigenvalue weighted by Gasteiger charge is 2.47. The third-order valence-electron chi connectivity index (χ3n) is 10.0. The number of pyridine rings is 1. The molecule has 256 valence electrons. The molecule has 8 rings (SSSR count). The number of nitrogens with zero attached hydrogens (tertiary/aromatic N) is 6. The fourth-order valence-electron chi connectivity index (χ4n) is 7.46. The van der Waals surface area contributed by atoms with E-state index in [1.807, 2.05) is 67.9 Å². The molecule has 2 unspecified atom stereocenters. The Morgan fingerprint density at radius 1 is 0.959 bits per heavy atom. The number of piperazine rings is 1. The molecule has 3 saturated heterocycles. The van der Waals surface area contributed by atoms with Gasteiger partial charge in [-0.2, -0.15) is 0 Å². The van der Waals surface area contributed by atoms with Gasteiger partial charge in [-0.15, -0.1) is 0 Å². The minimum atomic E-state index is -0.321. The Bertz CT molecular complexity index is 1930. The van der Waals surface area contributed by atoms with E-state index in [0.29, 0.717) is 57.3 Å². The molecule has 0 spiro atoms. The standard InChI is InChI=1S/C37H41Cl2N7O3/c1-21(2)37(48)46-23-16-24(46)19-45(18-23)17-22-12-13-28(42-36(22)49-5)27-10-6-8-25(32(27)38)26-9-7-11-29(33(26)39)41-35(47)34-40-30-20-43(3)15-14-31(30)44(34)4/h6-13,21,23-24H,14-20H2,1-5H3,(H,41,47). The van der Waals surface area contributed by atoms with E-state index in [1.165, 1.54) is 0 Å². The molecule has 3 fully saturated rings. The number of likely N-dealkylation sites (N-methyl/N-ethyl adjacent to an activating group) is 1. The summed E-state index contributed by atoms with van der Waals surface area (Å²) in [7, 11) is 5.56. The van der Waals surface area contributed by atoms with Crippen LogP contribution >= 0.6 is 23.2 Å². The number of carbonyl (C=O) groups is 2. The number of aromatic nitrogens is 3. The zero-order chi connectivity index (χ0) is 34.6. The molecule has 10 nitrogen and oxygen atoms in total. The first-order valence-corrected chi connectivity index (χ1v) is 17.5. The quantitative estimate of drug-likeness (QED) is 0.236. The smallest absolute Gasteiger partial charge is 0.291 e. The van der Waals surface area contributed by atoms with Gasteiger partial charge >= 0.3 is 0 Å². The minimum Gasteiger partial charge on any atom is -0.481 e. The van der Waals surface area contributed by atoms with Gasteiger partial charge in [0.2, 0.25) is 11.8 Å². The first kappa shape index (κ1) is 33.5. The third-order valence-corrected chi connectivity index (χ3v) is 10.8. The minimum absolute atomic E-state index is 0.0185. The number of amides is 2. The second-order valence-corrected chi connectivity index (χ2v) is 14.4. The number of hydrogen-bond donors (Lipinski definition) is 1. The Labute approximate surface area is 297 Å². The summed E-state index contributed by atoms with van der Waals surface area (Å²) in [5.41, 5.74) is 6.27. The Hall–Kier alpha value is -3.96. The maximum atomic E-state index is 13.4. The van der Waals surface area contributed by atoms with Crippen LogP contribution in [0.25, 0.3) is 22.4 Å². The average molecular weight is 703 g/mol. The van der Waals surface area contributed by atoms with Gasteiger partial charge in [0.1, 0.15) is 0 Å². The first-order valence-electron chi connectivity index (χ1n) is 16.7. The highest BCUT2D eigenvalue weighted by Crippen LogP contribution is 2.42. The van der Waals surface area contributed by atoms with Crippen LogP contribution in [-0.4, -0.2) is 86.9 Å². The van der Waals surface area contributed by atoms with E-state index in [1.54, 1.807) is 13.2 Å². The molecule has 2 amide bonds. The van der Waals surface area contributed by atoms with E-state index in [4.69, 9.17) is 32.9 Å².